The van der Waals surface area contributed by atoms with Crippen LogP contribution >= 0.6 is 11.8 Å². The Balaban J connectivity index is 1.54. The number of aryl methyl sites for hydroxylation is 2. The van der Waals surface area contributed by atoms with Gasteiger partial charge in [-0.1, -0.05) is 30.0 Å². The van der Waals surface area contributed by atoms with Gasteiger partial charge in [-0.15, -0.1) is 10.2 Å². The Bertz CT molecular complexity index is 954. The topological polar surface area (TPSA) is 77.2 Å². The highest BCUT2D eigenvalue weighted by Gasteiger charge is 2.14. The predicted octanol–water partition coefficient (Wildman–Crippen LogP) is 4.33. The second kappa shape index (κ2) is 8.93. The number of nitrogens with zero attached hydrogens (tertiary/aromatic N) is 2. The summed E-state index contributed by atoms with van der Waals surface area (Å²) >= 11 is 1.22. The van der Waals surface area contributed by atoms with Crippen molar-refractivity contribution < 1.29 is 13.9 Å². The number of hydrogen-bond donors (Lipinski definition) is 1. The van der Waals surface area contributed by atoms with Crippen molar-refractivity contribution in [3.8, 4) is 17.2 Å². The summed E-state index contributed by atoms with van der Waals surface area (Å²) < 4.78 is 10.8. The largest absolute Gasteiger partial charge is 0.497 e. The van der Waals surface area contributed by atoms with Crippen LogP contribution < -0.4 is 10.1 Å². The number of carbonyl (C=O) groups excluding carboxylic acids is 1. The molecule has 0 aliphatic heterocycles. The minimum atomic E-state index is -0.0834. The van der Waals surface area contributed by atoms with Crippen molar-refractivity contribution in [2.24, 2.45) is 0 Å². The number of nitrogens with one attached hydrogen (secondary N) is 1. The maximum absolute atomic E-state index is 12.3. The van der Waals surface area contributed by atoms with Crippen molar-refractivity contribution in [3.63, 3.8) is 0 Å². The molecule has 6 nitrogen and oxygen atoms in total. The summed E-state index contributed by atoms with van der Waals surface area (Å²) in [4.78, 5) is 12.3. The second-order valence-electron chi connectivity index (χ2n) is 6.52. The monoisotopic (exact) mass is 397 g/mol. The molecule has 1 atom stereocenters. The van der Waals surface area contributed by atoms with Gasteiger partial charge in [0.2, 0.25) is 11.8 Å². The molecule has 1 amide bonds. The summed E-state index contributed by atoms with van der Waals surface area (Å²) in [6.07, 6.45) is 0. The van der Waals surface area contributed by atoms with Crippen LogP contribution in [0.25, 0.3) is 11.5 Å². The molecule has 7 heteroatoms. The van der Waals surface area contributed by atoms with Crippen LogP contribution in [0.15, 0.2) is 52.1 Å². The lowest BCUT2D eigenvalue weighted by atomic mass is 10.0. The number of rotatable bonds is 7. The van der Waals surface area contributed by atoms with Gasteiger partial charge in [0, 0.05) is 5.56 Å². The van der Waals surface area contributed by atoms with Gasteiger partial charge in [0.15, 0.2) is 0 Å². The molecule has 28 heavy (non-hydrogen) atoms. The van der Waals surface area contributed by atoms with E-state index in [1.807, 2.05) is 37.3 Å². The highest BCUT2D eigenvalue weighted by molar-refractivity contribution is 7.99. The standard InChI is InChI=1S/C21H23N3O3S/c1-13-5-6-17(11-14(13)2)15(3)22-19(25)12-28-21-24-23-20(27-21)16-7-9-18(26-4)10-8-16/h5-11,15H,12H2,1-4H3,(H,22,25)/t15-/m0/s1. The summed E-state index contributed by atoms with van der Waals surface area (Å²) in [5.41, 5.74) is 4.33. The van der Waals surface area contributed by atoms with Crippen LogP contribution in [0.4, 0.5) is 0 Å². The molecule has 0 aliphatic carbocycles. The predicted molar refractivity (Wildman–Crippen MR) is 109 cm³/mol. The first-order valence-corrected chi connectivity index (χ1v) is 9.92. The number of hydrogen-bond acceptors (Lipinski definition) is 6. The van der Waals surface area contributed by atoms with Crippen LogP contribution in [-0.4, -0.2) is 29.0 Å². The third-order valence-corrected chi connectivity index (χ3v) is 5.30. The fourth-order valence-corrected chi connectivity index (χ4v) is 3.22. The number of carbonyl (C=O) groups is 1. The third kappa shape index (κ3) is 4.92. The Morgan fingerprint density at radius 3 is 2.57 bits per heavy atom. The van der Waals surface area contributed by atoms with Crippen molar-refractivity contribution in [2.45, 2.75) is 32.0 Å². The molecule has 0 saturated carbocycles. The van der Waals surface area contributed by atoms with E-state index in [2.05, 4.69) is 41.5 Å². The molecular formula is C21H23N3O3S. The van der Waals surface area contributed by atoms with E-state index < -0.39 is 0 Å². The smallest absolute Gasteiger partial charge is 0.277 e. The van der Waals surface area contributed by atoms with Crippen LogP contribution in [0.5, 0.6) is 5.75 Å². The van der Waals surface area contributed by atoms with E-state index in [1.165, 1.54) is 22.9 Å². The van der Waals surface area contributed by atoms with Crippen molar-refractivity contribution in [1.29, 1.82) is 0 Å². The zero-order valence-corrected chi connectivity index (χ0v) is 17.2. The summed E-state index contributed by atoms with van der Waals surface area (Å²) in [6, 6.07) is 13.5. The average Bonchev–Trinajstić information content (AvgIpc) is 3.17. The maximum atomic E-state index is 12.3. The zero-order valence-electron chi connectivity index (χ0n) is 16.4. The molecule has 0 spiro atoms. The molecule has 0 bridgehead atoms. The lowest BCUT2D eigenvalue weighted by Gasteiger charge is -2.15. The Kier molecular flexibility index (Phi) is 6.36. The molecular weight excluding hydrogens is 374 g/mol. The van der Waals surface area contributed by atoms with Crippen LogP contribution in [0.3, 0.4) is 0 Å². The molecule has 0 unspecified atom stereocenters. The van der Waals surface area contributed by atoms with E-state index in [-0.39, 0.29) is 17.7 Å². The lowest BCUT2D eigenvalue weighted by Crippen LogP contribution is -2.28. The van der Waals surface area contributed by atoms with Gasteiger partial charge in [-0.05, 0) is 61.7 Å². The van der Waals surface area contributed by atoms with Crippen molar-refractivity contribution in [2.75, 3.05) is 12.9 Å². The molecule has 3 rings (SSSR count). The van der Waals surface area contributed by atoms with E-state index in [0.717, 1.165) is 16.9 Å². The lowest BCUT2D eigenvalue weighted by molar-refractivity contribution is -0.119. The first-order chi connectivity index (χ1) is 13.5. The number of aromatic nitrogens is 2. The van der Waals surface area contributed by atoms with Crippen molar-refractivity contribution in [3.05, 3.63) is 59.2 Å². The van der Waals surface area contributed by atoms with Crippen molar-refractivity contribution in [1.82, 2.24) is 15.5 Å². The molecule has 146 valence electrons. The van der Waals surface area contributed by atoms with E-state index in [0.29, 0.717) is 11.1 Å². The number of thioether (sulfide) groups is 1. The normalized spacial score (nSPS) is 11.9. The van der Waals surface area contributed by atoms with Crippen LogP contribution in [0.2, 0.25) is 0 Å². The zero-order chi connectivity index (χ0) is 20.1. The summed E-state index contributed by atoms with van der Waals surface area (Å²) in [7, 11) is 1.61. The van der Waals surface area contributed by atoms with E-state index in [1.54, 1.807) is 7.11 Å². The number of benzene rings is 2. The second-order valence-corrected chi connectivity index (χ2v) is 7.45. The molecule has 3 aromatic rings. The Morgan fingerprint density at radius 2 is 1.89 bits per heavy atom. The Morgan fingerprint density at radius 1 is 1.14 bits per heavy atom. The molecule has 1 aromatic heterocycles. The Hall–Kier alpha value is -2.80. The SMILES string of the molecule is COc1ccc(-c2nnc(SCC(=O)N[C@@H](C)c3ccc(C)c(C)c3)o2)cc1. The van der Waals surface area contributed by atoms with E-state index in [4.69, 9.17) is 9.15 Å². The number of ether oxygens (including phenoxy) is 1. The Labute approximate surface area is 168 Å². The van der Waals surface area contributed by atoms with Gasteiger partial charge in [-0.3, -0.25) is 4.79 Å². The van der Waals surface area contributed by atoms with Crippen molar-refractivity contribution >= 4 is 17.7 Å². The number of amides is 1. The highest BCUT2D eigenvalue weighted by atomic mass is 32.2. The minimum Gasteiger partial charge on any atom is -0.497 e. The molecule has 0 aliphatic rings. The van der Waals surface area contributed by atoms with E-state index >= 15 is 0 Å². The summed E-state index contributed by atoms with van der Waals surface area (Å²) in [6.45, 7) is 6.12. The molecule has 0 fully saturated rings. The van der Waals surface area contributed by atoms with Crippen LogP contribution in [-0.2, 0) is 4.79 Å². The fourth-order valence-electron chi connectivity index (χ4n) is 2.65. The number of methoxy groups -OCH3 is 1. The molecule has 1 heterocycles. The van der Waals surface area contributed by atoms with Gasteiger partial charge < -0.3 is 14.5 Å². The first-order valence-electron chi connectivity index (χ1n) is 8.93. The summed E-state index contributed by atoms with van der Waals surface area (Å²) in [5, 5.41) is 11.4. The van der Waals surface area contributed by atoms with Gasteiger partial charge >= 0.3 is 0 Å². The molecule has 0 radical (unpaired) electrons. The quantitative estimate of drug-likeness (QED) is 0.598. The van der Waals surface area contributed by atoms with Gasteiger partial charge in [-0.25, -0.2) is 0 Å². The van der Waals surface area contributed by atoms with Gasteiger partial charge in [0.05, 0.1) is 18.9 Å². The molecule has 1 N–H and O–H groups in total. The third-order valence-electron chi connectivity index (χ3n) is 4.48. The first kappa shape index (κ1) is 19.9. The highest BCUT2D eigenvalue weighted by Crippen LogP contribution is 2.25. The van der Waals surface area contributed by atoms with Crippen LogP contribution in [0, 0.1) is 13.8 Å². The van der Waals surface area contributed by atoms with Gasteiger partial charge in [-0.2, -0.15) is 0 Å². The van der Waals surface area contributed by atoms with Crippen LogP contribution in [0.1, 0.15) is 29.7 Å². The average molecular weight is 398 g/mol. The van der Waals surface area contributed by atoms with Gasteiger partial charge in [0.1, 0.15) is 5.75 Å². The minimum absolute atomic E-state index is 0.0649. The van der Waals surface area contributed by atoms with Gasteiger partial charge in [0.25, 0.3) is 5.22 Å². The summed E-state index contributed by atoms with van der Waals surface area (Å²) in [5.74, 6) is 1.29. The van der Waals surface area contributed by atoms with E-state index in [9.17, 15) is 4.79 Å². The maximum Gasteiger partial charge on any atom is 0.277 e. The molecule has 0 saturated heterocycles. The fraction of sp³-hybridized carbons (Fsp3) is 0.286. The molecule has 2 aromatic carbocycles.